The van der Waals surface area contributed by atoms with E-state index in [9.17, 15) is 9.59 Å². The maximum atomic E-state index is 13.0. The Morgan fingerprint density at radius 2 is 1.94 bits per heavy atom. The van der Waals surface area contributed by atoms with E-state index in [2.05, 4.69) is 26.6 Å². The second kappa shape index (κ2) is 11.1. The highest BCUT2D eigenvalue weighted by Gasteiger charge is 2.28. The number of carbonyl (C=O) groups is 2. The molecule has 0 saturated heterocycles. The fourth-order valence-corrected chi connectivity index (χ4v) is 5.75. The third kappa shape index (κ3) is 5.65. The smallest absolute Gasteiger partial charge is 0.341 e. The summed E-state index contributed by atoms with van der Waals surface area (Å²) < 4.78 is 11.6. The molecule has 1 aliphatic rings. The van der Waals surface area contributed by atoms with Crippen molar-refractivity contribution < 1.29 is 19.1 Å². The van der Waals surface area contributed by atoms with Crippen LogP contribution in [0.4, 0.5) is 5.00 Å². The number of methoxy groups -OCH3 is 1. The number of thiocarbonyl (C=S) groups is 1. The van der Waals surface area contributed by atoms with Crippen molar-refractivity contribution in [3.8, 4) is 5.75 Å². The summed E-state index contributed by atoms with van der Waals surface area (Å²) in [5.41, 5.74) is 3.02. The first-order valence-corrected chi connectivity index (χ1v) is 12.8. The van der Waals surface area contributed by atoms with E-state index in [0.717, 1.165) is 46.2 Å². The Bertz CT molecular complexity index is 1230. The first-order chi connectivity index (χ1) is 16.5. The van der Waals surface area contributed by atoms with Gasteiger partial charge in [-0.25, -0.2) is 4.79 Å². The standard InChI is InChI=1S/C25H23BrN2O4S2/c1-31-24(30)21-17-8-5-9-20(17)34-23(21)28-25(33)27-22(29)18-14-16(26)10-11-19(18)32-13-12-15-6-3-2-4-7-15/h2-4,6-7,10-11,14H,5,8-9,12-13H2,1H3,(H2,27,28,29,33). The molecule has 4 rings (SSSR count). The number of nitrogens with one attached hydrogen (secondary N) is 2. The molecule has 176 valence electrons. The largest absolute Gasteiger partial charge is 0.492 e. The van der Waals surface area contributed by atoms with Gasteiger partial charge in [-0.1, -0.05) is 46.3 Å². The van der Waals surface area contributed by atoms with Crippen molar-refractivity contribution in [2.24, 2.45) is 0 Å². The molecule has 1 amide bonds. The highest BCUT2D eigenvalue weighted by molar-refractivity contribution is 9.10. The number of hydrogen-bond acceptors (Lipinski definition) is 6. The van der Waals surface area contributed by atoms with Gasteiger partial charge in [-0.3, -0.25) is 10.1 Å². The Labute approximate surface area is 215 Å². The molecule has 0 spiro atoms. The average Bonchev–Trinajstić information content (AvgIpc) is 3.41. The van der Waals surface area contributed by atoms with E-state index < -0.39 is 11.9 Å². The van der Waals surface area contributed by atoms with Gasteiger partial charge in [-0.2, -0.15) is 0 Å². The monoisotopic (exact) mass is 558 g/mol. The lowest BCUT2D eigenvalue weighted by molar-refractivity contribution is 0.0601. The summed E-state index contributed by atoms with van der Waals surface area (Å²) in [7, 11) is 1.36. The normalized spacial score (nSPS) is 12.1. The van der Waals surface area contributed by atoms with Crippen LogP contribution in [0.2, 0.25) is 0 Å². The lowest BCUT2D eigenvalue weighted by atomic mass is 10.1. The van der Waals surface area contributed by atoms with Gasteiger partial charge in [-0.05, 0) is 60.8 Å². The van der Waals surface area contributed by atoms with E-state index >= 15 is 0 Å². The zero-order valence-corrected chi connectivity index (χ0v) is 21.7. The summed E-state index contributed by atoms with van der Waals surface area (Å²) in [4.78, 5) is 26.5. The SMILES string of the molecule is COC(=O)c1c(NC(=S)NC(=O)c2cc(Br)ccc2OCCc2ccccc2)sc2c1CCC2. The predicted molar refractivity (Wildman–Crippen MR) is 141 cm³/mol. The fraction of sp³-hybridized carbons (Fsp3) is 0.240. The van der Waals surface area contributed by atoms with Crippen molar-refractivity contribution in [1.82, 2.24) is 5.32 Å². The van der Waals surface area contributed by atoms with Crippen molar-refractivity contribution in [1.29, 1.82) is 0 Å². The van der Waals surface area contributed by atoms with Gasteiger partial charge >= 0.3 is 5.97 Å². The number of anilines is 1. The number of amides is 1. The van der Waals surface area contributed by atoms with Crippen LogP contribution < -0.4 is 15.4 Å². The number of carbonyl (C=O) groups excluding carboxylic acids is 2. The quantitative estimate of drug-likeness (QED) is 0.293. The molecular weight excluding hydrogens is 536 g/mol. The first kappa shape index (κ1) is 24.4. The number of benzene rings is 2. The van der Waals surface area contributed by atoms with E-state index in [-0.39, 0.29) is 5.11 Å². The first-order valence-electron chi connectivity index (χ1n) is 10.8. The Kier molecular flexibility index (Phi) is 7.97. The van der Waals surface area contributed by atoms with Gasteiger partial charge in [0.2, 0.25) is 0 Å². The molecular formula is C25H23BrN2O4S2. The van der Waals surface area contributed by atoms with Crippen LogP contribution in [0.15, 0.2) is 53.0 Å². The van der Waals surface area contributed by atoms with Crippen LogP contribution in [0.3, 0.4) is 0 Å². The van der Waals surface area contributed by atoms with Crippen LogP contribution in [0.1, 0.15) is 43.1 Å². The molecule has 1 aliphatic carbocycles. The number of esters is 1. The molecule has 1 aromatic heterocycles. The number of aryl methyl sites for hydroxylation is 1. The van der Waals surface area contributed by atoms with E-state index in [4.69, 9.17) is 21.7 Å². The molecule has 0 saturated carbocycles. The van der Waals surface area contributed by atoms with Gasteiger partial charge in [-0.15, -0.1) is 11.3 Å². The van der Waals surface area contributed by atoms with Gasteiger partial charge in [0.05, 0.1) is 24.8 Å². The second-order valence-corrected chi connectivity index (χ2v) is 10.1. The maximum absolute atomic E-state index is 13.0. The Hall–Kier alpha value is -2.75. The number of hydrogen-bond donors (Lipinski definition) is 2. The minimum atomic E-state index is -0.405. The molecule has 0 fully saturated rings. The van der Waals surface area contributed by atoms with Crippen molar-refractivity contribution >= 4 is 61.5 Å². The number of fused-ring (bicyclic) bond motifs is 1. The van der Waals surface area contributed by atoms with Crippen molar-refractivity contribution in [2.75, 3.05) is 19.0 Å². The summed E-state index contributed by atoms with van der Waals surface area (Å²) in [6.07, 6.45) is 3.49. The van der Waals surface area contributed by atoms with Gasteiger partial charge in [0, 0.05) is 15.8 Å². The predicted octanol–water partition coefficient (Wildman–Crippen LogP) is 5.53. The molecule has 9 heteroatoms. The third-order valence-electron chi connectivity index (χ3n) is 5.44. The Balaban J connectivity index is 1.44. The summed E-state index contributed by atoms with van der Waals surface area (Å²) in [5, 5.41) is 6.42. The molecule has 0 bridgehead atoms. The molecule has 1 heterocycles. The lowest BCUT2D eigenvalue weighted by Gasteiger charge is -2.14. The highest BCUT2D eigenvalue weighted by atomic mass is 79.9. The molecule has 0 atom stereocenters. The van der Waals surface area contributed by atoms with E-state index in [1.165, 1.54) is 18.4 Å². The second-order valence-electron chi connectivity index (χ2n) is 7.69. The highest BCUT2D eigenvalue weighted by Crippen LogP contribution is 2.39. The van der Waals surface area contributed by atoms with Gasteiger partial charge in [0.1, 0.15) is 10.8 Å². The number of rotatable bonds is 7. The zero-order valence-electron chi connectivity index (χ0n) is 18.5. The van der Waals surface area contributed by atoms with Crippen LogP contribution in [-0.2, 0) is 24.0 Å². The third-order valence-corrected chi connectivity index (χ3v) is 7.35. The van der Waals surface area contributed by atoms with E-state index in [1.54, 1.807) is 12.1 Å². The number of thiophene rings is 1. The lowest BCUT2D eigenvalue weighted by Crippen LogP contribution is -2.34. The van der Waals surface area contributed by atoms with Crippen molar-refractivity contribution in [3.63, 3.8) is 0 Å². The molecule has 3 aromatic rings. The zero-order chi connectivity index (χ0) is 24.1. The minimum absolute atomic E-state index is 0.102. The summed E-state index contributed by atoms with van der Waals surface area (Å²) in [6, 6.07) is 15.3. The van der Waals surface area contributed by atoms with Crippen LogP contribution in [0, 0.1) is 0 Å². The fourth-order valence-electron chi connectivity index (χ4n) is 3.84. The molecule has 2 aromatic carbocycles. The minimum Gasteiger partial charge on any atom is -0.492 e. The van der Waals surface area contributed by atoms with Gasteiger partial charge in [0.25, 0.3) is 5.91 Å². The average molecular weight is 560 g/mol. The summed E-state index contributed by atoms with van der Waals surface area (Å²) >= 11 is 10.3. The van der Waals surface area contributed by atoms with Crippen LogP contribution >= 0.6 is 39.5 Å². The summed E-state index contributed by atoms with van der Waals surface area (Å²) in [5.74, 6) is -0.348. The maximum Gasteiger partial charge on any atom is 0.341 e. The van der Waals surface area contributed by atoms with Crippen molar-refractivity contribution in [2.45, 2.75) is 25.7 Å². The number of ether oxygens (including phenoxy) is 2. The Morgan fingerprint density at radius 3 is 2.71 bits per heavy atom. The summed E-state index contributed by atoms with van der Waals surface area (Å²) in [6.45, 7) is 0.428. The number of halogens is 1. The molecule has 2 N–H and O–H groups in total. The van der Waals surface area contributed by atoms with Gasteiger partial charge in [0.15, 0.2) is 5.11 Å². The molecule has 34 heavy (non-hydrogen) atoms. The van der Waals surface area contributed by atoms with E-state index in [0.29, 0.717) is 28.5 Å². The van der Waals surface area contributed by atoms with E-state index in [1.807, 2.05) is 36.4 Å². The molecule has 6 nitrogen and oxygen atoms in total. The van der Waals surface area contributed by atoms with Crippen LogP contribution in [0.25, 0.3) is 0 Å². The van der Waals surface area contributed by atoms with Crippen molar-refractivity contribution in [3.05, 3.63) is 80.1 Å². The van der Waals surface area contributed by atoms with Gasteiger partial charge < -0.3 is 14.8 Å². The topological polar surface area (TPSA) is 76.7 Å². The van der Waals surface area contributed by atoms with Crippen LogP contribution in [0.5, 0.6) is 5.75 Å². The molecule has 0 unspecified atom stereocenters. The van der Waals surface area contributed by atoms with Crippen LogP contribution in [-0.4, -0.2) is 30.7 Å². The Morgan fingerprint density at radius 1 is 1.15 bits per heavy atom. The molecule has 0 aliphatic heterocycles. The molecule has 0 radical (unpaired) electrons.